The fourth-order valence-electron chi connectivity index (χ4n) is 3.64. The molecule has 28 heavy (non-hydrogen) atoms. The van der Waals surface area contributed by atoms with E-state index in [1.54, 1.807) is 12.3 Å². The van der Waals surface area contributed by atoms with Crippen molar-refractivity contribution in [2.45, 2.75) is 58.3 Å². The van der Waals surface area contributed by atoms with E-state index >= 15 is 0 Å². The molecule has 146 valence electrons. The topological polar surface area (TPSA) is 39.2 Å². The van der Waals surface area contributed by atoms with Crippen molar-refractivity contribution in [2.75, 3.05) is 7.11 Å². The molecule has 0 spiro atoms. The van der Waals surface area contributed by atoms with E-state index in [2.05, 4.69) is 67.2 Å². The molecule has 0 amide bonds. The predicted octanol–water partition coefficient (Wildman–Crippen LogP) is 3.86. The minimum absolute atomic E-state index is 0.0673. The predicted molar refractivity (Wildman–Crippen MR) is 114 cm³/mol. The molecule has 1 aromatic carbocycles. The van der Waals surface area contributed by atoms with Crippen molar-refractivity contribution in [1.29, 1.82) is 0 Å². The summed E-state index contributed by atoms with van der Waals surface area (Å²) >= 11 is 0.0673. The zero-order valence-electron chi connectivity index (χ0n) is 17.5. The van der Waals surface area contributed by atoms with Crippen LogP contribution in [0.25, 0.3) is 0 Å². The normalized spacial score (nSPS) is 16.5. The second kappa shape index (κ2) is 7.74. The molecule has 4 heteroatoms. The molecule has 0 unspecified atom stereocenters. The van der Waals surface area contributed by atoms with E-state index < -0.39 is 5.97 Å². The summed E-state index contributed by atoms with van der Waals surface area (Å²) in [6.45, 7) is 11.6. The van der Waals surface area contributed by atoms with Crippen molar-refractivity contribution >= 4 is 25.4 Å². The van der Waals surface area contributed by atoms with E-state index in [-0.39, 0.29) is 25.8 Å². The monoisotopic (exact) mass is 441 g/mol. The van der Waals surface area contributed by atoms with Crippen molar-refractivity contribution in [2.24, 2.45) is 0 Å². The molecule has 0 N–H and O–H groups in total. The number of hydrogen-bond acceptors (Lipinski definition) is 3. The van der Waals surface area contributed by atoms with Crippen LogP contribution in [0, 0.1) is 17.7 Å². The van der Waals surface area contributed by atoms with Crippen LogP contribution in [-0.2, 0) is 15.6 Å². The van der Waals surface area contributed by atoms with Gasteiger partial charge in [0, 0.05) is 0 Å². The quantitative estimate of drug-likeness (QED) is 0.405. The number of pyridine rings is 1. The van der Waals surface area contributed by atoms with E-state index in [1.165, 1.54) is 41.1 Å². The Morgan fingerprint density at radius 1 is 1.11 bits per heavy atom. The van der Waals surface area contributed by atoms with Gasteiger partial charge in [0.1, 0.15) is 0 Å². The SMILES string of the molecule is COC(=O)c1ccc(C#C[Se]c2cc3c(cc2C)C(C)(C)CCC3(C)C)cn1. The number of rotatable bonds is 2. The van der Waals surface area contributed by atoms with E-state index in [4.69, 9.17) is 0 Å². The number of nitrogens with zero attached hydrogens (tertiary/aromatic N) is 1. The van der Waals surface area contributed by atoms with Crippen LogP contribution >= 0.6 is 0 Å². The molecular weight excluding hydrogens is 413 g/mol. The molecule has 2 aromatic rings. The minimum atomic E-state index is -0.432. The van der Waals surface area contributed by atoms with E-state index in [1.807, 2.05) is 6.07 Å². The summed E-state index contributed by atoms with van der Waals surface area (Å²) in [6, 6.07) is 8.26. The number of carbonyl (C=O) groups excluding carboxylic acids is 1. The molecule has 0 radical (unpaired) electrons. The molecule has 0 fully saturated rings. The fourth-order valence-corrected chi connectivity index (χ4v) is 5.06. The van der Waals surface area contributed by atoms with Crippen molar-refractivity contribution in [3.63, 3.8) is 0 Å². The van der Waals surface area contributed by atoms with Gasteiger partial charge in [0.05, 0.1) is 0 Å². The van der Waals surface area contributed by atoms with Gasteiger partial charge < -0.3 is 0 Å². The van der Waals surface area contributed by atoms with Crippen molar-refractivity contribution < 1.29 is 9.53 Å². The molecule has 3 rings (SSSR count). The van der Waals surface area contributed by atoms with Gasteiger partial charge in [-0.05, 0) is 0 Å². The zero-order valence-corrected chi connectivity index (χ0v) is 19.2. The van der Waals surface area contributed by atoms with Crippen LogP contribution in [0.3, 0.4) is 0 Å². The number of hydrogen-bond donors (Lipinski definition) is 0. The van der Waals surface area contributed by atoms with E-state index in [0.29, 0.717) is 5.69 Å². The van der Waals surface area contributed by atoms with E-state index in [0.717, 1.165) is 5.56 Å². The Kier molecular flexibility index (Phi) is 5.71. The summed E-state index contributed by atoms with van der Waals surface area (Å²) in [6.07, 6.45) is 4.07. The first kappa shape index (κ1) is 20.6. The van der Waals surface area contributed by atoms with Gasteiger partial charge in [0.2, 0.25) is 0 Å². The first-order valence-electron chi connectivity index (χ1n) is 9.52. The number of ether oxygens (including phenoxy) is 1. The van der Waals surface area contributed by atoms with Gasteiger partial charge in [0.15, 0.2) is 0 Å². The van der Waals surface area contributed by atoms with Gasteiger partial charge in [0.25, 0.3) is 0 Å². The maximum absolute atomic E-state index is 11.5. The van der Waals surface area contributed by atoms with Crippen molar-refractivity contribution in [3.05, 3.63) is 58.4 Å². The molecule has 1 aliphatic carbocycles. The Morgan fingerprint density at radius 3 is 2.32 bits per heavy atom. The summed E-state index contributed by atoms with van der Waals surface area (Å²) in [5.74, 6) is 2.75. The zero-order chi connectivity index (χ0) is 20.5. The van der Waals surface area contributed by atoms with Crippen molar-refractivity contribution in [3.8, 4) is 10.7 Å². The molecule has 0 bridgehead atoms. The first-order chi connectivity index (χ1) is 13.1. The third-order valence-corrected chi connectivity index (χ3v) is 7.48. The van der Waals surface area contributed by atoms with Gasteiger partial charge in [-0.3, -0.25) is 0 Å². The summed E-state index contributed by atoms with van der Waals surface area (Å²) in [4.78, 5) is 18.9. The summed E-state index contributed by atoms with van der Waals surface area (Å²) in [5, 5.41) is 0. The molecular formula is C24H27NO2Se. The number of aryl methyl sites for hydroxylation is 1. The van der Waals surface area contributed by atoms with Crippen LogP contribution in [0.5, 0.6) is 0 Å². The molecule has 0 saturated carbocycles. The Morgan fingerprint density at radius 2 is 1.75 bits per heavy atom. The standard InChI is InChI=1S/C24H27NO2Se/c1-16-13-18-19(24(4,5)11-10-23(18,2)3)14-21(16)28-12-9-17-7-8-20(25-15-17)22(26)27-6/h7-8,13-15H,10-11H2,1-6H3. The average Bonchev–Trinajstić information content (AvgIpc) is 2.66. The molecule has 3 nitrogen and oxygen atoms in total. The third-order valence-electron chi connectivity index (χ3n) is 5.66. The molecule has 0 aliphatic heterocycles. The van der Waals surface area contributed by atoms with Crippen LogP contribution in [0.4, 0.5) is 0 Å². The molecule has 1 aliphatic rings. The summed E-state index contributed by atoms with van der Waals surface area (Å²) in [7, 11) is 1.35. The number of fused-ring (bicyclic) bond motifs is 1. The van der Waals surface area contributed by atoms with Crippen LogP contribution in [0.15, 0.2) is 30.5 Å². The van der Waals surface area contributed by atoms with Gasteiger partial charge >= 0.3 is 174 Å². The van der Waals surface area contributed by atoms with Gasteiger partial charge in [-0.25, -0.2) is 0 Å². The Hall–Kier alpha value is -2.08. The Labute approximate surface area is 174 Å². The van der Waals surface area contributed by atoms with Crippen LogP contribution in [-0.4, -0.2) is 33.0 Å². The van der Waals surface area contributed by atoms with Crippen molar-refractivity contribution in [1.82, 2.24) is 4.98 Å². The van der Waals surface area contributed by atoms with Crippen LogP contribution in [0.2, 0.25) is 0 Å². The average molecular weight is 440 g/mol. The molecule has 1 heterocycles. The molecule has 1 aromatic heterocycles. The fraction of sp³-hybridized carbons (Fsp3) is 0.417. The number of aromatic nitrogens is 1. The number of esters is 1. The number of benzene rings is 1. The summed E-state index contributed by atoms with van der Waals surface area (Å²) < 4.78 is 6.02. The Balaban J connectivity index is 1.85. The third kappa shape index (κ3) is 4.17. The molecule has 0 saturated heterocycles. The van der Waals surface area contributed by atoms with Gasteiger partial charge in [-0.2, -0.15) is 0 Å². The number of methoxy groups -OCH3 is 1. The van der Waals surface area contributed by atoms with Crippen LogP contribution in [0.1, 0.15) is 73.3 Å². The first-order valence-corrected chi connectivity index (χ1v) is 11.2. The molecule has 0 atom stereocenters. The van der Waals surface area contributed by atoms with Gasteiger partial charge in [-0.15, -0.1) is 0 Å². The second-order valence-electron chi connectivity index (χ2n) is 8.68. The number of carbonyl (C=O) groups is 1. The maximum atomic E-state index is 11.5. The van der Waals surface area contributed by atoms with Gasteiger partial charge in [-0.1, -0.05) is 0 Å². The second-order valence-corrected chi connectivity index (χ2v) is 10.5. The van der Waals surface area contributed by atoms with Crippen LogP contribution < -0.4 is 4.46 Å². The van der Waals surface area contributed by atoms with E-state index in [9.17, 15) is 4.79 Å². The summed E-state index contributed by atoms with van der Waals surface area (Å²) in [5.41, 5.74) is 5.87. The Bertz CT molecular complexity index is 963.